The molecule has 0 aliphatic rings. The maximum Gasteiger partial charge on any atom is 0.141 e. The third-order valence-corrected chi connectivity index (χ3v) is 3.99. The molecular formula is C22H23NO2. The largest absolute Gasteiger partial charge is 0.495 e. The van der Waals surface area contributed by atoms with Gasteiger partial charge >= 0.3 is 0 Å². The summed E-state index contributed by atoms with van der Waals surface area (Å²) in [6.45, 7) is 1.39. The first-order chi connectivity index (χ1) is 12.3. The molecule has 3 nitrogen and oxygen atoms in total. The van der Waals surface area contributed by atoms with Crippen molar-refractivity contribution < 1.29 is 9.47 Å². The fourth-order valence-electron chi connectivity index (χ4n) is 2.66. The predicted molar refractivity (Wildman–Crippen MR) is 102 cm³/mol. The van der Waals surface area contributed by atoms with Crippen LogP contribution in [0, 0.1) is 0 Å². The Balaban J connectivity index is 1.54. The summed E-state index contributed by atoms with van der Waals surface area (Å²) in [5.41, 5.74) is 3.44. The smallest absolute Gasteiger partial charge is 0.141 e. The van der Waals surface area contributed by atoms with Crippen molar-refractivity contribution in [1.82, 2.24) is 0 Å². The first kappa shape index (κ1) is 16.9. The summed E-state index contributed by atoms with van der Waals surface area (Å²) in [6, 6.07) is 26.5. The highest BCUT2D eigenvalue weighted by Crippen LogP contribution is 2.24. The number of rotatable bonds is 8. The second kappa shape index (κ2) is 8.78. The quantitative estimate of drug-likeness (QED) is 0.634. The first-order valence-electron chi connectivity index (χ1n) is 8.48. The topological polar surface area (TPSA) is 30.5 Å². The molecular weight excluding hydrogens is 310 g/mol. The number of benzene rings is 3. The minimum atomic E-state index is 0.674. The number of hydrogen-bond donors (Lipinski definition) is 1. The van der Waals surface area contributed by atoms with Crippen LogP contribution in [0.1, 0.15) is 11.1 Å². The van der Waals surface area contributed by atoms with Gasteiger partial charge in [-0.1, -0.05) is 54.6 Å². The Hall–Kier alpha value is -2.94. The molecule has 0 aromatic heterocycles. The lowest BCUT2D eigenvalue weighted by molar-refractivity contribution is 0.321. The van der Waals surface area contributed by atoms with E-state index in [1.807, 2.05) is 42.5 Å². The van der Waals surface area contributed by atoms with E-state index in [1.165, 1.54) is 11.1 Å². The fraction of sp³-hybridized carbons (Fsp3) is 0.182. The summed E-state index contributed by atoms with van der Waals surface area (Å²) in [5.74, 6) is 1.74. The van der Waals surface area contributed by atoms with Crippen molar-refractivity contribution >= 4 is 5.69 Å². The molecule has 0 unspecified atom stereocenters. The number of methoxy groups -OCH3 is 1. The molecule has 3 aromatic carbocycles. The standard InChI is InChI=1S/C22H23NO2/c1-24-22-13-6-5-12-21(22)23-17-19-10-7-11-20(16-19)25-15-14-18-8-3-2-4-9-18/h2-13,16,23H,14-15,17H2,1H3. The van der Waals surface area contributed by atoms with Crippen molar-refractivity contribution in [2.45, 2.75) is 13.0 Å². The van der Waals surface area contributed by atoms with Crippen LogP contribution in [0.2, 0.25) is 0 Å². The van der Waals surface area contributed by atoms with Gasteiger partial charge in [-0.15, -0.1) is 0 Å². The summed E-state index contributed by atoms with van der Waals surface area (Å²) in [5, 5.41) is 3.41. The van der Waals surface area contributed by atoms with Gasteiger partial charge in [-0.25, -0.2) is 0 Å². The van der Waals surface area contributed by atoms with Gasteiger partial charge in [0.05, 0.1) is 19.4 Å². The van der Waals surface area contributed by atoms with Crippen molar-refractivity contribution in [2.24, 2.45) is 0 Å². The molecule has 0 aliphatic carbocycles. The van der Waals surface area contributed by atoms with Gasteiger partial charge in [0.25, 0.3) is 0 Å². The van der Waals surface area contributed by atoms with Crippen molar-refractivity contribution in [3.05, 3.63) is 90.0 Å². The zero-order chi connectivity index (χ0) is 17.3. The van der Waals surface area contributed by atoms with E-state index in [1.54, 1.807) is 7.11 Å². The first-order valence-corrected chi connectivity index (χ1v) is 8.48. The molecule has 0 heterocycles. The summed E-state index contributed by atoms with van der Waals surface area (Å²) in [6.07, 6.45) is 0.907. The molecule has 25 heavy (non-hydrogen) atoms. The van der Waals surface area contributed by atoms with E-state index >= 15 is 0 Å². The number of anilines is 1. The van der Waals surface area contributed by atoms with Gasteiger partial charge < -0.3 is 14.8 Å². The van der Waals surface area contributed by atoms with Crippen LogP contribution >= 0.6 is 0 Å². The summed E-state index contributed by atoms with van der Waals surface area (Å²) in [4.78, 5) is 0. The molecule has 0 saturated heterocycles. The Morgan fingerprint density at radius 1 is 0.800 bits per heavy atom. The molecule has 3 heteroatoms. The molecule has 0 aliphatic heterocycles. The Bertz CT molecular complexity index is 787. The van der Waals surface area contributed by atoms with Crippen molar-refractivity contribution in [1.29, 1.82) is 0 Å². The van der Waals surface area contributed by atoms with Gasteiger partial charge in [0.15, 0.2) is 0 Å². The lowest BCUT2D eigenvalue weighted by Crippen LogP contribution is -2.03. The molecule has 3 rings (SSSR count). The Morgan fingerprint density at radius 2 is 1.56 bits per heavy atom. The lowest BCUT2D eigenvalue weighted by atomic mass is 10.2. The van der Waals surface area contributed by atoms with Gasteiger partial charge in [-0.05, 0) is 35.4 Å². The third kappa shape index (κ3) is 5.01. The van der Waals surface area contributed by atoms with Crippen molar-refractivity contribution in [3.8, 4) is 11.5 Å². The number of ether oxygens (including phenoxy) is 2. The number of hydrogen-bond acceptors (Lipinski definition) is 3. The predicted octanol–water partition coefficient (Wildman–Crippen LogP) is 4.93. The van der Waals surface area contributed by atoms with Gasteiger partial charge in [0.1, 0.15) is 11.5 Å². The van der Waals surface area contributed by atoms with E-state index in [4.69, 9.17) is 9.47 Å². The van der Waals surface area contributed by atoms with Gasteiger partial charge in [0, 0.05) is 13.0 Å². The van der Waals surface area contributed by atoms with Crippen LogP contribution < -0.4 is 14.8 Å². The van der Waals surface area contributed by atoms with Crippen LogP contribution in [-0.2, 0) is 13.0 Å². The number of para-hydroxylation sites is 2. The molecule has 0 saturated carbocycles. The van der Waals surface area contributed by atoms with E-state index in [9.17, 15) is 0 Å². The van der Waals surface area contributed by atoms with E-state index in [-0.39, 0.29) is 0 Å². The van der Waals surface area contributed by atoms with Gasteiger partial charge in [-0.2, -0.15) is 0 Å². The maximum absolute atomic E-state index is 5.90. The summed E-state index contributed by atoms with van der Waals surface area (Å²) in [7, 11) is 1.68. The van der Waals surface area contributed by atoms with E-state index < -0.39 is 0 Å². The zero-order valence-electron chi connectivity index (χ0n) is 14.4. The molecule has 0 spiro atoms. The fourth-order valence-corrected chi connectivity index (χ4v) is 2.66. The van der Waals surface area contributed by atoms with Crippen LogP contribution in [0.15, 0.2) is 78.9 Å². The van der Waals surface area contributed by atoms with Crippen LogP contribution in [-0.4, -0.2) is 13.7 Å². The van der Waals surface area contributed by atoms with E-state index in [0.29, 0.717) is 6.61 Å². The second-order valence-electron chi connectivity index (χ2n) is 5.79. The summed E-state index contributed by atoms with van der Waals surface area (Å²) < 4.78 is 11.3. The highest BCUT2D eigenvalue weighted by atomic mass is 16.5. The number of nitrogens with one attached hydrogen (secondary N) is 1. The third-order valence-electron chi connectivity index (χ3n) is 3.99. The maximum atomic E-state index is 5.90. The normalized spacial score (nSPS) is 10.3. The second-order valence-corrected chi connectivity index (χ2v) is 5.79. The molecule has 3 aromatic rings. The highest BCUT2D eigenvalue weighted by molar-refractivity contribution is 5.56. The Kier molecular flexibility index (Phi) is 5.94. The molecule has 0 atom stereocenters. The van der Waals surface area contributed by atoms with Gasteiger partial charge in [0.2, 0.25) is 0 Å². The SMILES string of the molecule is COc1ccccc1NCc1cccc(OCCc2ccccc2)c1. The van der Waals surface area contributed by atoms with Crippen LogP contribution in [0.4, 0.5) is 5.69 Å². The van der Waals surface area contributed by atoms with Crippen molar-refractivity contribution in [2.75, 3.05) is 19.0 Å². The Labute approximate surface area is 149 Å². The van der Waals surface area contributed by atoms with Gasteiger partial charge in [-0.3, -0.25) is 0 Å². The highest BCUT2D eigenvalue weighted by Gasteiger charge is 2.02. The molecule has 0 fully saturated rings. The molecule has 1 N–H and O–H groups in total. The van der Waals surface area contributed by atoms with E-state index in [2.05, 4.69) is 41.7 Å². The van der Waals surface area contributed by atoms with Crippen LogP contribution in [0.25, 0.3) is 0 Å². The molecule has 0 amide bonds. The minimum absolute atomic E-state index is 0.674. The summed E-state index contributed by atoms with van der Waals surface area (Å²) >= 11 is 0. The minimum Gasteiger partial charge on any atom is -0.495 e. The molecule has 0 bridgehead atoms. The monoisotopic (exact) mass is 333 g/mol. The van der Waals surface area contributed by atoms with Crippen LogP contribution in [0.3, 0.4) is 0 Å². The van der Waals surface area contributed by atoms with Crippen molar-refractivity contribution in [3.63, 3.8) is 0 Å². The average molecular weight is 333 g/mol. The molecule has 128 valence electrons. The van der Waals surface area contributed by atoms with Crippen LogP contribution in [0.5, 0.6) is 11.5 Å². The zero-order valence-corrected chi connectivity index (χ0v) is 14.4. The van der Waals surface area contributed by atoms with E-state index in [0.717, 1.165) is 30.2 Å². The molecule has 0 radical (unpaired) electrons. The Morgan fingerprint density at radius 3 is 2.40 bits per heavy atom. The average Bonchev–Trinajstić information content (AvgIpc) is 2.68. The lowest BCUT2D eigenvalue weighted by Gasteiger charge is -2.12.